The molecule has 0 N–H and O–H groups in total. The zero-order valence-corrected chi connectivity index (χ0v) is 11.8. The van der Waals surface area contributed by atoms with E-state index in [0.717, 1.165) is 34.0 Å². The molecular formula is C17H11BrO. The zero-order chi connectivity index (χ0) is 13.0. The molecule has 0 heterocycles. The van der Waals surface area contributed by atoms with E-state index in [1.54, 1.807) is 0 Å². The van der Waals surface area contributed by atoms with E-state index in [2.05, 4.69) is 28.1 Å². The van der Waals surface area contributed by atoms with E-state index >= 15 is 0 Å². The van der Waals surface area contributed by atoms with Crippen LogP contribution in [0.1, 0.15) is 28.8 Å². The molecule has 4 rings (SSSR count). The van der Waals surface area contributed by atoms with Gasteiger partial charge in [0.1, 0.15) is 0 Å². The average Bonchev–Trinajstić information content (AvgIpc) is 2.72. The van der Waals surface area contributed by atoms with Crippen LogP contribution in [0.15, 0.2) is 52.5 Å². The molecule has 0 aliphatic heterocycles. The van der Waals surface area contributed by atoms with Gasteiger partial charge in [-0.3, -0.25) is 4.79 Å². The summed E-state index contributed by atoms with van der Waals surface area (Å²) in [5.41, 5.74) is 4.13. The van der Waals surface area contributed by atoms with Crippen molar-refractivity contribution >= 4 is 38.1 Å². The summed E-state index contributed by atoms with van der Waals surface area (Å²) in [4.78, 5) is 12.5. The summed E-state index contributed by atoms with van der Waals surface area (Å²) in [7, 11) is 0. The molecule has 0 spiro atoms. The van der Waals surface area contributed by atoms with Gasteiger partial charge in [-0.2, -0.15) is 0 Å². The molecule has 0 saturated carbocycles. The maximum Gasteiger partial charge on any atom is 0.193 e. The lowest BCUT2D eigenvalue weighted by atomic mass is 9.93. The Bertz CT molecular complexity index is 796. The van der Waals surface area contributed by atoms with Crippen molar-refractivity contribution in [2.24, 2.45) is 0 Å². The third-order valence-corrected chi connectivity index (χ3v) is 4.59. The van der Waals surface area contributed by atoms with Gasteiger partial charge >= 0.3 is 0 Å². The van der Waals surface area contributed by atoms with Crippen molar-refractivity contribution < 1.29 is 4.79 Å². The Labute approximate surface area is 119 Å². The van der Waals surface area contributed by atoms with Crippen molar-refractivity contribution in [3.63, 3.8) is 0 Å². The van der Waals surface area contributed by atoms with Gasteiger partial charge in [0.05, 0.1) is 0 Å². The van der Waals surface area contributed by atoms with Crippen LogP contribution in [0.5, 0.6) is 0 Å². The maximum absolute atomic E-state index is 12.5. The van der Waals surface area contributed by atoms with Crippen molar-refractivity contribution in [2.75, 3.05) is 0 Å². The zero-order valence-electron chi connectivity index (χ0n) is 10.2. The third kappa shape index (κ3) is 1.50. The van der Waals surface area contributed by atoms with Crippen LogP contribution >= 0.6 is 15.9 Å². The molecule has 2 aliphatic rings. The molecule has 2 aromatic rings. The first-order valence-electron chi connectivity index (χ1n) is 6.42. The monoisotopic (exact) mass is 310 g/mol. The van der Waals surface area contributed by atoms with Crippen LogP contribution in [-0.4, -0.2) is 5.78 Å². The normalized spacial score (nSPS) is 17.5. The summed E-state index contributed by atoms with van der Waals surface area (Å²) in [5, 5.41) is 2.40. The van der Waals surface area contributed by atoms with Gasteiger partial charge in [0.25, 0.3) is 0 Å². The molecular weight excluding hydrogens is 300 g/mol. The quantitative estimate of drug-likeness (QED) is 0.679. The van der Waals surface area contributed by atoms with Crippen LogP contribution in [0.25, 0.3) is 16.3 Å². The van der Waals surface area contributed by atoms with Crippen LogP contribution in [-0.2, 0) is 0 Å². The summed E-state index contributed by atoms with van der Waals surface area (Å²) < 4.78 is 1.12. The number of rotatable bonds is 0. The van der Waals surface area contributed by atoms with Crippen LogP contribution in [0.4, 0.5) is 0 Å². The van der Waals surface area contributed by atoms with Gasteiger partial charge < -0.3 is 0 Å². The predicted octanol–water partition coefficient (Wildman–Crippen LogP) is 4.86. The molecule has 0 fully saturated rings. The van der Waals surface area contributed by atoms with E-state index < -0.39 is 0 Å². The standard InChI is InChI=1S/C17H11BrO/c18-11-6-8-13-15(9-11)17(19)14-7-5-10-3-1-2-4-12(10)16(13)14/h1-5,7,9H,6,8H2. The number of benzene rings is 2. The highest BCUT2D eigenvalue weighted by atomic mass is 79.9. The third-order valence-electron chi connectivity index (χ3n) is 3.96. The lowest BCUT2D eigenvalue weighted by molar-refractivity contribution is 0.104. The molecule has 0 amide bonds. The number of fused-ring (bicyclic) bond motifs is 4. The number of carbonyl (C=O) groups is 1. The van der Waals surface area contributed by atoms with Gasteiger partial charge in [-0.15, -0.1) is 0 Å². The fourth-order valence-corrected chi connectivity index (χ4v) is 3.52. The number of hydrogen-bond donors (Lipinski definition) is 0. The summed E-state index contributed by atoms with van der Waals surface area (Å²) in [6.45, 7) is 0. The Morgan fingerprint density at radius 2 is 1.84 bits per heavy atom. The molecule has 1 nitrogen and oxygen atoms in total. The Balaban J connectivity index is 2.10. The van der Waals surface area contributed by atoms with Gasteiger partial charge in [0.2, 0.25) is 0 Å². The Kier molecular flexibility index (Phi) is 2.30. The second-order valence-electron chi connectivity index (χ2n) is 5.02. The molecule has 0 radical (unpaired) electrons. The Morgan fingerprint density at radius 3 is 2.74 bits per heavy atom. The van der Waals surface area contributed by atoms with E-state index in [0.29, 0.717) is 0 Å². The number of hydrogen-bond acceptors (Lipinski definition) is 1. The van der Waals surface area contributed by atoms with Gasteiger partial charge in [-0.05, 0) is 51.4 Å². The van der Waals surface area contributed by atoms with Crippen molar-refractivity contribution in [1.82, 2.24) is 0 Å². The first-order valence-corrected chi connectivity index (χ1v) is 7.21. The van der Waals surface area contributed by atoms with Gasteiger partial charge in [0.15, 0.2) is 5.78 Å². The van der Waals surface area contributed by atoms with Gasteiger partial charge in [-0.1, -0.05) is 46.3 Å². The fourth-order valence-electron chi connectivity index (χ4n) is 3.09. The van der Waals surface area contributed by atoms with Crippen molar-refractivity contribution in [1.29, 1.82) is 0 Å². The second kappa shape index (κ2) is 3.91. The van der Waals surface area contributed by atoms with Crippen molar-refractivity contribution in [3.05, 3.63) is 63.7 Å². The summed E-state index contributed by atoms with van der Waals surface area (Å²) in [6, 6.07) is 12.3. The van der Waals surface area contributed by atoms with E-state index in [1.165, 1.54) is 16.3 Å². The predicted molar refractivity (Wildman–Crippen MR) is 81.4 cm³/mol. The highest BCUT2D eigenvalue weighted by Crippen LogP contribution is 2.44. The smallest absolute Gasteiger partial charge is 0.193 e. The molecule has 0 atom stereocenters. The Morgan fingerprint density at radius 1 is 1.00 bits per heavy atom. The highest BCUT2D eigenvalue weighted by molar-refractivity contribution is 9.11. The SMILES string of the molecule is O=C1C2=C(CCC(Br)=C2)c2c1ccc1ccccc21. The first kappa shape index (κ1) is 11.2. The lowest BCUT2D eigenvalue weighted by Gasteiger charge is -2.12. The number of Topliss-reactive ketones (excluding diaryl/α,β-unsaturated/α-hetero) is 1. The van der Waals surface area contributed by atoms with Crippen LogP contribution < -0.4 is 0 Å². The van der Waals surface area contributed by atoms with Gasteiger partial charge in [-0.25, -0.2) is 0 Å². The molecule has 92 valence electrons. The molecule has 0 saturated heterocycles. The minimum Gasteiger partial charge on any atom is -0.289 e. The summed E-state index contributed by atoms with van der Waals surface area (Å²) in [5.74, 6) is 0.174. The number of halogens is 1. The first-order chi connectivity index (χ1) is 9.25. The van der Waals surface area contributed by atoms with Crippen LogP contribution in [0.3, 0.4) is 0 Å². The number of carbonyl (C=O) groups excluding carboxylic acids is 1. The van der Waals surface area contributed by atoms with E-state index in [-0.39, 0.29) is 5.78 Å². The van der Waals surface area contributed by atoms with Crippen molar-refractivity contribution in [3.8, 4) is 0 Å². The second-order valence-corrected chi connectivity index (χ2v) is 6.04. The van der Waals surface area contributed by atoms with Crippen LogP contribution in [0, 0.1) is 0 Å². The Hall–Kier alpha value is -1.67. The molecule has 0 bridgehead atoms. The van der Waals surface area contributed by atoms with E-state index in [9.17, 15) is 4.79 Å². The molecule has 0 unspecified atom stereocenters. The summed E-state index contributed by atoms with van der Waals surface area (Å²) in [6.07, 6.45) is 3.92. The van der Waals surface area contributed by atoms with Gasteiger partial charge in [0, 0.05) is 11.1 Å². The van der Waals surface area contributed by atoms with E-state index in [4.69, 9.17) is 0 Å². The molecule has 0 aromatic heterocycles. The van der Waals surface area contributed by atoms with Crippen molar-refractivity contribution in [2.45, 2.75) is 12.8 Å². The minimum absolute atomic E-state index is 0.174. The minimum atomic E-state index is 0.174. The molecule has 2 aromatic carbocycles. The fraction of sp³-hybridized carbons (Fsp3) is 0.118. The topological polar surface area (TPSA) is 17.1 Å². The molecule has 19 heavy (non-hydrogen) atoms. The lowest BCUT2D eigenvalue weighted by Crippen LogP contribution is -1.98. The van der Waals surface area contributed by atoms with E-state index in [1.807, 2.05) is 30.3 Å². The molecule has 2 aliphatic carbocycles. The average molecular weight is 311 g/mol. The van der Waals surface area contributed by atoms with Crippen LogP contribution in [0.2, 0.25) is 0 Å². The highest BCUT2D eigenvalue weighted by Gasteiger charge is 2.31. The maximum atomic E-state index is 12.5. The molecule has 2 heteroatoms. The largest absolute Gasteiger partial charge is 0.289 e. The summed E-state index contributed by atoms with van der Waals surface area (Å²) >= 11 is 3.52. The number of ketones is 1. The number of allylic oxidation sites excluding steroid dienone is 4.